The van der Waals surface area contributed by atoms with Crippen molar-refractivity contribution in [1.29, 1.82) is 0 Å². The summed E-state index contributed by atoms with van der Waals surface area (Å²) in [5.74, 6) is 0. The van der Waals surface area contributed by atoms with Crippen molar-refractivity contribution in [3.8, 4) is 22.3 Å². The molecule has 0 saturated carbocycles. The molecular weight excluding hydrogens is 713 g/mol. The summed E-state index contributed by atoms with van der Waals surface area (Å²) in [4.78, 5) is 4.69. The molecule has 0 N–H and O–H groups in total. The van der Waals surface area contributed by atoms with Gasteiger partial charge in [0.15, 0.2) is 0 Å². The van der Waals surface area contributed by atoms with E-state index in [2.05, 4.69) is 235 Å². The second-order valence-electron chi connectivity index (χ2n) is 13.8. The van der Waals surface area contributed by atoms with Gasteiger partial charge in [-0.15, -0.1) is 0 Å². The van der Waals surface area contributed by atoms with E-state index >= 15 is 0 Å². The molecule has 0 aliphatic carbocycles. The highest BCUT2D eigenvalue weighted by atomic mass is 15.2. The summed E-state index contributed by atoms with van der Waals surface area (Å²) in [6.07, 6.45) is 5.58. The van der Waals surface area contributed by atoms with E-state index in [9.17, 15) is 0 Å². The van der Waals surface area contributed by atoms with E-state index in [1.807, 2.05) is 32.9 Å². The molecule has 0 unspecified atom stereocenters. The Bertz CT molecular complexity index is 2570. The van der Waals surface area contributed by atoms with E-state index < -0.39 is 0 Å². The summed E-state index contributed by atoms with van der Waals surface area (Å²) in [5, 5.41) is 4.89. The molecule has 0 radical (unpaired) electrons. The van der Waals surface area contributed by atoms with Crippen LogP contribution in [0, 0.1) is 0 Å². The Morgan fingerprint density at radius 2 is 0.610 bits per heavy atom. The maximum atomic E-state index is 3.46. The van der Waals surface area contributed by atoms with Crippen LogP contribution >= 0.6 is 0 Å². The number of allylic oxidation sites excluding steroid dienone is 3. The molecule has 0 spiro atoms. The lowest BCUT2D eigenvalue weighted by molar-refractivity contribution is 1.26. The second-order valence-corrected chi connectivity index (χ2v) is 13.8. The summed E-state index contributed by atoms with van der Waals surface area (Å²) < 4.78 is 0. The first-order chi connectivity index (χ1) is 29.2. The highest BCUT2D eigenvalue weighted by molar-refractivity contribution is 5.93. The molecule has 288 valence electrons. The predicted molar refractivity (Wildman–Crippen MR) is 258 cm³/mol. The molecule has 0 aliphatic heterocycles. The minimum absolute atomic E-state index is 1.08. The Hall–Kier alpha value is -7.42. The molecule has 0 aliphatic rings. The topological polar surface area (TPSA) is 6.48 Å². The first-order valence-corrected chi connectivity index (χ1v) is 20.4. The molecule has 0 aromatic heterocycles. The van der Waals surface area contributed by atoms with Gasteiger partial charge in [-0.1, -0.05) is 184 Å². The van der Waals surface area contributed by atoms with Crippen LogP contribution in [0.15, 0.2) is 243 Å². The summed E-state index contributed by atoms with van der Waals surface area (Å²) in [6.45, 7) is 9.42. The van der Waals surface area contributed by atoms with Crippen LogP contribution in [0.1, 0.15) is 20.8 Å². The van der Waals surface area contributed by atoms with E-state index in [0.717, 1.165) is 34.1 Å². The van der Waals surface area contributed by atoms with E-state index in [1.54, 1.807) is 6.08 Å². The summed E-state index contributed by atoms with van der Waals surface area (Å²) in [5.41, 5.74) is 11.4. The minimum Gasteiger partial charge on any atom is -0.311 e. The monoisotopic (exact) mass is 762 g/mol. The molecular formula is C57H50N2. The summed E-state index contributed by atoms with van der Waals surface area (Å²) in [7, 11) is 0. The SMILES string of the molecule is C=C/C=C\C.CC.c1ccc(-c2ccc(N(c3ccc(-c4ccccc4)cc3)c3ccc(N(c4ccc5ccccc5c4)c4ccc5ccccc5c4)cc3)cc2)cc1. The van der Waals surface area contributed by atoms with Crippen LogP contribution < -0.4 is 9.80 Å². The Morgan fingerprint density at radius 1 is 0.322 bits per heavy atom. The molecule has 0 amide bonds. The predicted octanol–water partition coefficient (Wildman–Crippen LogP) is 17.0. The number of fused-ring (bicyclic) bond motifs is 2. The largest absolute Gasteiger partial charge is 0.311 e. The van der Waals surface area contributed by atoms with Crippen molar-refractivity contribution in [2.24, 2.45) is 0 Å². The van der Waals surface area contributed by atoms with Gasteiger partial charge < -0.3 is 9.80 Å². The molecule has 9 aromatic carbocycles. The Morgan fingerprint density at radius 3 is 0.949 bits per heavy atom. The standard InChI is InChI=1S/C50H36N2.C5H8.C2H6/c1-3-11-37(12-4-1)41-19-25-45(26-20-41)51(46-27-21-42(22-28-46)38-13-5-2-6-14-38)47-31-33-48(34-32-47)52(49-29-23-39-15-7-9-17-43(39)35-49)50-30-24-40-16-8-10-18-44(40)36-50;1-3-5-4-2;1-2/h1-36H;3-5H,1H2,2H3;1-2H3/b;5-4-;. The second kappa shape index (κ2) is 19.6. The molecule has 0 heterocycles. The molecule has 2 nitrogen and oxygen atoms in total. The van der Waals surface area contributed by atoms with Crippen molar-refractivity contribution in [2.75, 3.05) is 9.80 Å². The van der Waals surface area contributed by atoms with Crippen LogP contribution in [0.4, 0.5) is 34.1 Å². The van der Waals surface area contributed by atoms with Crippen molar-refractivity contribution in [3.63, 3.8) is 0 Å². The number of hydrogen-bond acceptors (Lipinski definition) is 2. The minimum atomic E-state index is 1.08. The third-order valence-electron chi connectivity index (χ3n) is 10.1. The number of rotatable bonds is 9. The highest BCUT2D eigenvalue weighted by Gasteiger charge is 2.17. The zero-order chi connectivity index (χ0) is 40.8. The smallest absolute Gasteiger partial charge is 0.0468 e. The summed E-state index contributed by atoms with van der Waals surface area (Å²) in [6, 6.07) is 78.3. The molecule has 0 saturated heterocycles. The fourth-order valence-electron chi connectivity index (χ4n) is 7.28. The van der Waals surface area contributed by atoms with Crippen LogP contribution in [0.2, 0.25) is 0 Å². The number of hydrogen-bond donors (Lipinski definition) is 0. The Labute approximate surface area is 350 Å². The van der Waals surface area contributed by atoms with Gasteiger partial charge in [0.05, 0.1) is 0 Å². The molecule has 59 heavy (non-hydrogen) atoms. The molecule has 0 fully saturated rings. The first-order valence-electron chi connectivity index (χ1n) is 20.4. The number of nitrogens with zero attached hydrogens (tertiary/aromatic N) is 2. The zero-order valence-electron chi connectivity index (χ0n) is 34.1. The van der Waals surface area contributed by atoms with E-state index in [0.29, 0.717) is 0 Å². The molecule has 9 rings (SSSR count). The van der Waals surface area contributed by atoms with Crippen LogP contribution in [-0.4, -0.2) is 0 Å². The van der Waals surface area contributed by atoms with Gasteiger partial charge in [-0.2, -0.15) is 0 Å². The van der Waals surface area contributed by atoms with E-state index in [1.165, 1.54) is 43.8 Å². The van der Waals surface area contributed by atoms with Crippen LogP contribution in [0.5, 0.6) is 0 Å². The maximum absolute atomic E-state index is 3.46. The van der Waals surface area contributed by atoms with Gasteiger partial charge in [0.1, 0.15) is 0 Å². The quantitative estimate of drug-likeness (QED) is 0.135. The van der Waals surface area contributed by atoms with Gasteiger partial charge in [0.2, 0.25) is 0 Å². The highest BCUT2D eigenvalue weighted by Crippen LogP contribution is 2.41. The van der Waals surface area contributed by atoms with Crippen molar-refractivity contribution in [3.05, 3.63) is 243 Å². The maximum Gasteiger partial charge on any atom is 0.0468 e. The Balaban J connectivity index is 0.000000704. The third kappa shape index (κ3) is 9.42. The lowest BCUT2D eigenvalue weighted by atomic mass is 10.0. The first kappa shape index (κ1) is 39.8. The van der Waals surface area contributed by atoms with Crippen LogP contribution in [0.25, 0.3) is 43.8 Å². The lowest BCUT2D eigenvalue weighted by Crippen LogP contribution is -2.12. The summed E-state index contributed by atoms with van der Waals surface area (Å²) >= 11 is 0. The fraction of sp³-hybridized carbons (Fsp3) is 0.0526. The van der Waals surface area contributed by atoms with Gasteiger partial charge in [-0.25, -0.2) is 0 Å². The molecule has 0 bridgehead atoms. The average molecular weight is 763 g/mol. The van der Waals surface area contributed by atoms with Gasteiger partial charge in [0.25, 0.3) is 0 Å². The van der Waals surface area contributed by atoms with Crippen molar-refractivity contribution < 1.29 is 0 Å². The van der Waals surface area contributed by atoms with Gasteiger partial charge in [0, 0.05) is 34.1 Å². The molecule has 0 atom stereocenters. The number of anilines is 6. The van der Waals surface area contributed by atoms with Gasteiger partial charge in [-0.3, -0.25) is 0 Å². The molecule has 2 heteroatoms. The van der Waals surface area contributed by atoms with Gasteiger partial charge in [-0.05, 0) is 124 Å². The number of benzene rings is 9. The lowest BCUT2D eigenvalue weighted by Gasteiger charge is -2.29. The molecule has 9 aromatic rings. The van der Waals surface area contributed by atoms with Crippen molar-refractivity contribution in [1.82, 2.24) is 0 Å². The Kier molecular flexibility index (Phi) is 13.2. The fourth-order valence-corrected chi connectivity index (χ4v) is 7.28. The normalized spacial score (nSPS) is 10.6. The van der Waals surface area contributed by atoms with E-state index in [4.69, 9.17) is 0 Å². The third-order valence-corrected chi connectivity index (χ3v) is 10.1. The van der Waals surface area contributed by atoms with Crippen molar-refractivity contribution in [2.45, 2.75) is 20.8 Å². The average Bonchev–Trinajstić information content (AvgIpc) is 3.32. The van der Waals surface area contributed by atoms with Gasteiger partial charge >= 0.3 is 0 Å². The zero-order valence-corrected chi connectivity index (χ0v) is 34.1. The van der Waals surface area contributed by atoms with Crippen LogP contribution in [-0.2, 0) is 0 Å². The van der Waals surface area contributed by atoms with Crippen molar-refractivity contribution >= 4 is 55.7 Å². The van der Waals surface area contributed by atoms with Crippen LogP contribution in [0.3, 0.4) is 0 Å². The van der Waals surface area contributed by atoms with E-state index in [-0.39, 0.29) is 0 Å².